The van der Waals surface area contributed by atoms with Crippen molar-refractivity contribution in [1.29, 1.82) is 0 Å². The van der Waals surface area contributed by atoms with E-state index in [1.165, 1.54) is 18.2 Å². The van der Waals surface area contributed by atoms with E-state index in [0.717, 1.165) is 0 Å². The zero-order chi connectivity index (χ0) is 17.6. The van der Waals surface area contributed by atoms with Gasteiger partial charge in [-0.1, -0.05) is 42.5 Å². The molecule has 5 nitrogen and oxygen atoms in total. The molecule has 1 N–H and O–H groups in total. The van der Waals surface area contributed by atoms with Crippen LogP contribution in [0, 0.1) is 5.82 Å². The molecule has 1 aliphatic heterocycles. The van der Waals surface area contributed by atoms with E-state index in [0.29, 0.717) is 31.9 Å². The van der Waals surface area contributed by atoms with Crippen LogP contribution in [0.25, 0.3) is 0 Å². The average molecular weight is 342 g/mol. The number of hydrogen-bond acceptors (Lipinski definition) is 3. The molecule has 0 aromatic heterocycles. The second kappa shape index (κ2) is 7.90. The van der Waals surface area contributed by atoms with Gasteiger partial charge in [-0.2, -0.15) is 0 Å². The van der Waals surface area contributed by atoms with Crippen molar-refractivity contribution < 1.29 is 18.7 Å². The van der Waals surface area contributed by atoms with Crippen molar-refractivity contribution in [2.75, 3.05) is 26.3 Å². The van der Waals surface area contributed by atoms with Gasteiger partial charge in [0.25, 0.3) is 5.91 Å². The van der Waals surface area contributed by atoms with Crippen LogP contribution in [-0.2, 0) is 9.53 Å². The van der Waals surface area contributed by atoms with Crippen molar-refractivity contribution in [3.8, 4) is 0 Å². The van der Waals surface area contributed by atoms with E-state index in [-0.39, 0.29) is 11.5 Å². The summed E-state index contributed by atoms with van der Waals surface area (Å²) in [5.74, 6) is -1.46. The molecule has 1 atom stereocenters. The molecule has 3 rings (SSSR count). The molecule has 0 saturated carbocycles. The third kappa shape index (κ3) is 4.03. The second-order valence-corrected chi connectivity index (χ2v) is 5.73. The number of carbonyl (C=O) groups is 2. The van der Waals surface area contributed by atoms with Gasteiger partial charge in [-0.3, -0.25) is 9.59 Å². The fraction of sp³-hybridized carbons (Fsp3) is 0.263. The molecule has 25 heavy (non-hydrogen) atoms. The summed E-state index contributed by atoms with van der Waals surface area (Å²) in [5, 5.41) is 2.68. The lowest BCUT2D eigenvalue weighted by molar-refractivity contribution is -0.137. The van der Waals surface area contributed by atoms with E-state index in [4.69, 9.17) is 4.74 Å². The maximum Gasteiger partial charge on any atom is 0.255 e. The minimum Gasteiger partial charge on any atom is -0.378 e. The number of hydrogen-bond donors (Lipinski definition) is 1. The highest BCUT2D eigenvalue weighted by Crippen LogP contribution is 2.18. The summed E-state index contributed by atoms with van der Waals surface area (Å²) in [6.45, 7) is 1.87. The summed E-state index contributed by atoms with van der Waals surface area (Å²) < 4.78 is 19.1. The van der Waals surface area contributed by atoms with E-state index in [9.17, 15) is 14.0 Å². The smallest absolute Gasteiger partial charge is 0.255 e. The topological polar surface area (TPSA) is 58.6 Å². The number of benzene rings is 2. The van der Waals surface area contributed by atoms with E-state index in [1.807, 2.05) is 6.07 Å². The summed E-state index contributed by atoms with van der Waals surface area (Å²) in [4.78, 5) is 27.1. The molecule has 0 radical (unpaired) electrons. The Morgan fingerprint density at radius 1 is 1.00 bits per heavy atom. The van der Waals surface area contributed by atoms with Gasteiger partial charge in [-0.25, -0.2) is 4.39 Å². The lowest BCUT2D eigenvalue weighted by Crippen LogP contribution is -2.47. The minimum absolute atomic E-state index is 0.0850. The molecule has 2 amide bonds. The van der Waals surface area contributed by atoms with Gasteiger partial charge in [-0.05, 0) is 17.7 Å². The number of halogens is 1. The van der Waals surface area contributed by atoms with Gasteiger partial charge < -0.3 is 15.0 Å². The molecule has 1 saturated heterocycles. The fourth-order valence-corrected chi connectivity index (χ4v) is 2.75. The van der Waals surface area contributed by atoms with Crippen LogP contribution in [0.4, 0.5) is 4.39 Å². The van der Waals surface area contributed by atoms with E-state index in [1.54, 1.807) is 35.2 Å². The number of nitrogens with one attached hydrogen (secondary N) is 1. The average Bonchev–Trinajstić information content (AvgIpc) is 2.67. The predicted molar refractivity (Wildman–Crippen MR) is 90.4 cm³/mol. The standard InChI is InChI=1S/C19H19FN2O3/c20-16-9-5-4-8-15(16)18(23)21-17(14-6-2-1-3-7-14)19(24)22-10-12-25-13-11-22/h1-9,17H,10-13H2,(H,21,23)/t17-/m0/s1. The fourth-order valence-electron chi connectivity index (χ4n) is 2.75. The van der Waals surface area contributed by atoms with Gasteiger partial charge >= 0.3 is 0 Å². The van der Waals surface area contributed by atoms with Crippen LogP contribution >= 0.6 is 0 Å². The highest BCUT2D eigenvalue weighted by Gasteiger charge is 2.29. The van der Waals surface area contributed by atoms with Crippen LogP contribution in [0.2, 0.25) is 0 Å². The van der Waals surface area contributed by atoms with Gasteiger partial charge in [0.1, 0.15) is 11.9 Å². The SMILES string of the molecule is O=C(N[C@H](C(=O)N1CCOCC1)c1ccccc1)c1ccccc1F. The molecule has 2 aromatic carbocycles. The van der Waals surface area contributed by atoms with Gasteiger partial charge in [-0.15, -0.1) is 0 Å². The third-order valence-corrected chi connectivity index (χ3v) is 4.10. The number of ether oxygens (including phenoxy) is 1. The number of morpholine rings is 1. The first kappa shape index (κ1) is 17.1. The number of carbonyl (C=O) groups excluding carboxylic acids is 2. The maximum atomic E-state index is 13.9. The number of amides is 2. The number of nitrogens with zero attached hydrogens (tertiary/aromatic N) is 1. The first-order valence-corrected chi connectivity index (χ1v) is 8.13. The molecular formula is C19H19FN2O3. The van der Waals surface area contributed by atoms with Crippen molar-refractivity contribution in [3.05, 3.63) is 71.5 Å². The molecule has 2 aromatic rings. The van der Waals surface area contributed by atoms with E-state index < -0.39 is 17.8 Å². The summed E-state index contributed by atoms with van der Waals surface area (Å²) in [7, 11) is 0. The Balaban J connectivity index is 1.85. The monoisotopic (exact) mass is 342 g/mol. The van der Waals surface area contributed by atoms with Crippen molar-refractivity contribution in [2.45, 2.75) is 6.04 Å². The molecule has 1 aliphatic rings. The molecule has 1 fully saturated rings. The first-order valence-electron chi connectivity index (χ1n) is 8.13. The van der Waals surface area contributed by atoms with Crippen LogP contribution in [0.3, 0.4) is 0 Å². The van der Waals surface area contributed by atoms with Crippen LogP contribution in [0.5, 0.6) is 0 Å². The molecule has 130 valence electrons. The summed E-state index contributed by atoms with van der Waals surface area (Å²) >= 11 is 0. The quantitative estimate of drug-likeness (QED) is 0.926. The summed E-state index contributed by atoms with van der Waals surface area (Å²) in [5.41, 5.74) is 0.571. The molecule has 1 heterocycles. The Morgan fingerprint density at radius 3 is 2.32 bits per heavy atom. The van der Waals surface area contributed by atoms with Gasteiger partial charge in [0.15, 0.2) is 0 Å². The van der Waals surface area contributed by atoms with Crippen molar-refractivity contribution in [1.82, 2.24) is 10.2 Å². The zero-order valence-corrected chi connectivity index (χ0v) is 13.7. The lowest BCUT2D eigenvalue weighted by atomic mass is 10.0. The van der Waals surface area contributed by atoms with Gasteiger partial charge in [0, 0.05) is 13.1 Å². The highest BCUT2D eigenvalue weighted by atomic mass is 19.1. The maximum absolute atomic E-state index is 13.9. The summed E-state index contributed by atoms with van der Waals surface area (Å²) in [6.07, 6.45) is 0. The molecular weight excluding hydrogens is 323 g/mol. The Morgan fingerprint density at radius 2 is 1.64 bits per heavy atom. The van der Waals surface area contributed by atoms with Crippen molar-refractivity contribution in [3.63, 3.8) is 0 Å². The first-order chi connectivity index (χ1) is 12.2. The predicted octanol–water partition coefficient (Wildman–Crippen LogP) is 2.16. The lowest BCUT2D eigenvalue weighted by Gasteiger charge is -2.31. The van der Waals surface area contributed by atoms with Crippen LogP contribution in [-0.4, -0.2) is 43.0 Å². The molecule has 6 heteroatoms. The minimum atomic E-state index is -0.869. The Bertz CT molecular complexity index is 745. The van der Waals surface area contributed by atoms with E-state index in [2.05, 4.69) is 5.32 Å². The van der Waals surface area contributed by atoms with Gasteiger partial charge in [0.05, 0.1) is 18.8 Å². The van der Waals surface area contributed by atoms with E-state index >= 15 is 0 Å². The van der Waals surface area contributed by atoms with Gasteiger partial charge in [0.2, 0.25) is 5.91 Å². The molecule has 0 spiro atoms. The zero-order valence-electron chi connectivity index (χ0n) is 13.7. The summed E-state index contributed by atoms with van der Waals surface area (Å²) in [6, 6.07) is 13.8. The molecule has 0 bridgehead atoms. The second-order valence-electron chi connectivity index (χ2n) is 5.73. The largest absolute Gasteiger partial charge is 0.378 e. The van der Waals surface area contributed by atoms with Crippen molar-refractivity contribution >= 4 is 11.8 Å². The Hall–Kier alpha value is -2.73. The van der Waals surface area contributed by atoms with Crippen molar-refractivity contribution in [2.24, 2.45) is 0 Å². The van der Waals surface area contributed by atoms with Crippen LogP contribution in [0.15, 0.2) is 54.6 Å². The van der Waals surface area contributed by atoms with Crippen LogP contribution < -0.4 is 5.32 Å². The highest BCUT2D eigenvalue weighted by molar-refractivity contribution is 5.98. The van der Waals surface area contributed by atoms with Crippen LogP contribution in [0.1, 0.15) is 22.0 Å². The molecule has 0 aliphatic carbocycles. The molecule has 0 unspecified atom stereocenters. The Labute approximate surface area is 145 Å². The Kier molecular flexibility index (Phi) is 5.40. The number of rotatable bonds is 4. The third-order valence-electron chi connectivity index (χ3n) is 4.10. The normalized spacial score (nSPS) is 15.5.